The highest BCUT2D eigenvalue weighted by molar-refractivity contribution is 6.42. The van der Waals surface area contributed by atoms with Gasteiger partial charge in [0.2, 0.25) is 0 Å². The molecule has 162 valence electrons. The van der Waals surface area contributed by atoms with Crippen molar-refractivity contribution in [2.24, 2.45) is 11.7 Å². The first-order chi connectivity index (χ1) is 14.1. The van der Waals surface area contributed by atoms with E-state index in [1.54, 1.807) is 6.07 Å². The molecule has 1 aromatic heterocycles. The van der Waals surface area contributed by atoms with Gasteiger partial charge in [-0.25, -0.2) is 9.78 Å². The fourth-order valence-corrected chi connectivity index (χ4v) is 3.73. The number of aromatic nitrogens is 1. The molecule has 1 saturated heterocycles. The van der Waals surface area contributed by atoms with Crippen LogP contribution >= 0.6 is 23.2 Å². The van der Waals surface area contributed by atoms with Crippen molar-refractivity contribution in [1.29, 1.82) is 0 Å². The third-order valence-electron chi connectivity index (χ3n) is 4.97. The summed E-state index contributed by atoms with van der Waals surface area (Å²) in [6.07, 6.45) is -3.86. The first-order valence-corrected chi connectivity index (χ1v) is 9.83. The molecule has 0 saturated carbocycles. The molecule has 0 unspecified atom stereocenters. The van der Waals surface area contributed by atoms with Gasteiger partial charge in [-0.05, 0) is 37.0 Å². The van der Waals surface area contributed by atoms with Crippen molar-refractivity contribution in [2.75, 3.05) is 23.7 Å². The lowest BCUT2D eigenvalue weighted by atomic mass is 9.85. The number of halogens is 5. The van der Waals surface area contributed by atoms with Gasteiger partial charge < -0.3 is 21.1 Å². The van der Waals surface area contributed by atoms with Crippen LogP contribution in [0.1, 0.15) is 24.4 Å². The lowest BCUT2D eigenvalue weighted by Gasteiger charge is -2.36. The van der Waals surface area contributed by atoms with E-state index >= 15 is 0 Å². The van der Waals surface area contributed by atoms with Crippen molar-refractivity contribution in [3.63, 3.8) is 0 Å². The second kappa shape index (κ2) is 8.87. The number of rotatable bonds is 4. The number of benzene rings is 1. The van der Waals surface area contributed by atoms with E-state index in [1.165, 1.54) is 6.07 Å². The first-order valence-electron chi connectivity index (χ1n) is 9.07. The number of anilines is 2. The number of nitrogens with zero attached hydrogens (tertiary/aromatic N) is 2. The minimum atomic E-state index is -5.15. The van der Waals surface area contributed by atoms with Crippen LogP contribution in [0.5, 0.6) is 5.75 Å². The smallest absolute Gasteiger partial charge is 0.419 e. The molecule has 0 amide bonds. The number of hydrogen-bond donors (Lipinski definition) is 2. The molecule has 1 aromatic carbocycles. The normalized spacial score (nSPS) is 16.4. The summed E-state index contributed by atoms with van der Waals surface area (Å²) in [5.74, 6) is -1.62. The Bertz CT molecular complexity index is 934. The van der Waals surface area contributed by atoms with E-state index in [4.69, 9.17) is 34.7 Å². The number of piperidine rings is 1. The van der Waals surface area contributed by atoms with Gasteiger partial charge in [-0.1, -0.05) is 29.3 Å². The van der Waals surface area contributed by atoms with E-state index in [9.17, 15) is 18.0 Å². The van der Waals surface area contributed by atoms with Gasteiger partial charge in [0, 0.05) is 30.8 Å². The summed E-state index contributed by atoms with van der Waals surface area (Å²) in [4.78, 5) is 17.7. The van der Waals surface area contributed by atoms with Crippen molar-refractivity contribution in [3.8, 4) is 5.75 Å². The number of alkyl halides is 3. The van der Waals surface area contributed by atoms with E-state index in [2.05, 4.69) is 14.6 Å². The summed E-state index contributed by atoms with van der Waals surface area (Å²) in [7, 11) is 0. The Morgan fingerprint density at radius 3 is 2.43 bits per heavy atom. The maximum absolute atomic E-state index is 12.6. The number of nitrogen functional groups attached to an aromatic ring is 1. The fraction of sp³-hybridized carbons (Fsp3) is 0.368. The Labute approximate surface area is 180 Å². The topological polar surface area (TPSA) is 94.5 Å². The molecule has 2 heterocycles. The maximum Gasteiger partial charge on any atom is 0.491 e. The number of nitrogens with two attached hydrogens (primary N) is 2. The zero-order valence-electron chi connectivity index (χ0n) is 15.6. The Morgan fingerprint density at radius 2 is 1.83 bits per heavy atom. The molecule has 0 bridgehead atoms. The number of carbonyl (C=O) groups excluding carboxylic acids is 1. The molecule has 1 atom stereocenters. The molecule has 6 nitrogen and oxygen atoms in total. The van der Waals surface area contributed by atoms with Crippen LogP contribution in [-0.2, 0) is 4.79 Å². The van der Waals surface area contributed by atoms with Crippen LogP contribution in [0.3, 0.4) is 0 Å². The molecule has 0 aliphatic carbocycles. The Balaban J connectivity index is 1.77. The average Bonchev–Trinajstić information content (AvgIpc) is 2.69. The zero-order chi connectivity index (χ0) is 22.1. The van der Waals surface area contributed by atoms with E-state index in [0.717, 1.165) is 11.9 Å². The highest BCUT2D eigenvalue weighted by Crippen LogP contribution is 2.39. The van der Waals surface area contributed by atoms with Gasteiger partial charge in [0.05, 0.1) is 10.0 Å². The number of hydrogen-bond acceptors (Lipinski definition) is 6. The third-order valence-corrected chi connectivity index (χ3v) is 5.70. The van der Waals surface area contributed by atoms with Gasteiger partial charge in [0.1, 0.15) is 17.4 Å². The molecular weight excluding hydrogens is 444 g/mol. The molecule has 11 heteroatoms. The second-order valence-electron chi connectivity index (χ2n) is 6.96. The summed E-state index contributed by atoms with van der Waals surface area (Å²) < 4.78 is 42.5. The standard InChI is InChI=1S/C19H19Cl2F3N4O2/c20-12-8-11(14(9-13(12)21)30-18(29)19(22,23)24)17(26)10-4-6-28(7-5-10)16-3-1-2-15(25)27-16/h1-3,8-10,17H,4-7,26H2,(H2,25,27)/t17-/m1/s1. The Kier molecular flexibility index (Phi) is 6.64. The van der Waals surface area contributed by atoms with Crippen molar-refractivity contribution in [2.45, 2.75) is 25.1 Å². The number of pyridine rings is 1. The van der Waals surface area contributed by atoms with Crippen molar-refractivity contribution >= 4 is 40.8 Å². The summed E-state index contributed by atoms with van der Waals surface area (Å²) in [6, 6.07) is 7.08. The van der Waals surface area contributed by atoms with E-state index in [1.807, 2.05) is 12.1 Å². The van der Waals surface area contributed by atoms with Crippen LogP contribution < -0.4 is 21.1 Å². The molecular formula is C19H19Cl2F3N4O2. The van der Waals surface area contributed by atoms with Crippen molar-refractivity contribution in [1.82, 2.24) is 4.98 Å². The van der Waals surface area contributed by atoms with Gasteiger partial charge >= 0.3 is 12.1 Å². The minimum absolute atomic E-state index is 0.0415. The summed E-state index contributed by atoms with van der Waals surface area (Å²) in [5.41, 5.74) is 12.3. The van der Waals surface area contributed by atoms with Gasteiger partial charge in [-0.3, -0.25) is 0 Å². The van der Waals surface area contributed by atoms with Gasteiger partial charge in [0.15, 0.2) is 0 Å². The fourth-order valence-electron chi connectivity index (χ4n) is 3.41. The number of carbonyl (C=O) groups is 1. The lowest BCUT2D eigenvalue weighted by molar-refractivity contribution is -0.189. The van der Waals surface area contributed by atoms with Crippen LogP contribution in [0, 0.1) is 5.92 Å². The van der Waals surface area contributed by atoms with Crippen LogP contribution in [0.4, 0.5) is 24.8 Å². The first kappa shape index (κ1) is 22.5. The molecule has 30 heavy (non-hydrogen) atoms. The summed E-state index contributed by atoms with van der Waals surface area (Å²) in [6.45, 7) is 1.27. The number of esters is 1. The van der Waals surface area contributed by atoms with Gasteiger partial charge in [-0.15, -0.1) is 0 Å². The largest absolute Gasteiger partial charge is 0.491 e. The Hall–Kier alpha value is -2.23. The molecule has 1 fully saturated rings. The highest BCUT2D eigenvalue weighted by atomic mass is 35.5. The molecule has 1 aliphatic heterocycles. The molecule has 1 aliphatic rings. The van der Waals surface area contributed by atoms with Crippen LogP contribution in [0.2, 0.25) is 10.0 Å². The van der Waals surface area contributed by atoms with Gasteiger partial charge in [-0.2, -0.15) is 13.2 Å². The number of ether oxygens (including phenoxy) is 1. The molecule has 2 aromatic rings. The van der Waals surface area contributed by atoms with Crippen molar-refractivity contribution in [3.05, 3.63) is 45.9 Å². The quantitative estimate of drug-likeness (QED) is 0.517. The van der Waals surface area contributed by atoms with E-state index < -0.39 is 18.2 Å². The zero-order valence-corrected chi connectivity index (χ0v) is 17.1. The minimum Gasteiger partial charge on any atom is -0.419 e. The SMILES string of the molecule is Nc1cccc(N2CCC([C@@H](N)c3cc(Cl)c(Cl)cc3OC(=O)C(F)(F)F)CC2)n1. The van der Waals surface area contributed by atoms with Crippen LogP contribution in [0.25, 0.3) is 0 Å². The van der Waals surface area contributed by atoms with Crippen LogP contribution in [-0.4, -0.2) is 30.2 Å². The summed E-state index contributed by atoms with van der Waals surface area (Å²) >= 11 is 11.9. The van der Waals surface area contributed by atoms with Gasteiger partial charge in [0.25, 0.3) is 0 Å². The van der Waals surface area contributed by atoms with Crippen LogP contribution in [0.15, 0.2) is 30.3 Å². The maximum atomic E-state index is 12.6. The second-order valence-corrected chi connectivity index (χ2v) is 7.78. The molecule has 3 rings (SSSR count). The molecule has 0 radical (unpaired) electrons. The predicted molar refractivity (Wildman–Crippen MR) is 109 cm³/mol. The third kappa shape index (κ3) is 5.08. The lowest BCUT2D eigenvalue weighted by Crippen LogP contribution is -2.38. The monoisotopic (exact) mass is 462 g/mol. The molecule has 4 N–H and O–H groups in total. The van der Waals surface area contributed by atoms with E-state index in [0.29, 0.717) is 31.7 Å². The summed E-state index contributed by atoms with van der Waals surface area (Å²) in [5, 5.41) is 0.0653. The highest BCUT2D eigenvalue weighted by Gasteiger charge is 2.42. The van der Waals surface area contributed by atoms with E-state index in [-0.39, 0.29) is 27.3 Å². The average molecular weight is 463 g/mol. The van der Waals surface area contributed by atoms with Crippen molar-refractivity contribution < 1.29 is 22.7 Å². The Morgan fingerprint density at radius 1 is 1.20 bits per heavy atom. The predicted octanol–water partition coefficient (Wildman–Crippen LogP) is 4.35. The molecule has 0 spiro atoms.